The van der Waals surface area contributed by atoms with Crippen LogP contribution >= 0.6 is 12.4 Å². The molecule has 1 amide bonds. The quantitative estimate of drug-likeness (QED) is 0.911. The number of carbonyl (C=O) groups excluding carboxylic acids is 1. The van der Waals surface area contributed by atoms with Crippen LogP contribution in [0.4, 0.5) is 0 Å². The Morgan fingerprint density at radius 2 is 1.79 bits per heavy atom. The van der Waals surface area contributed by atoms with Crippen LogP contribution in [0, 0.1) is 11.3 Å². The van der Waals surface area contributed by atoms with Crippen molar-refractivity contribution in [1.82, 2.24) is 10.2 Å². The summed E-state index contributed by atoms with van der Waals surface area (Å²) in [5.74, 6) is 1.65. The van der Waals surface area contributed by atoms with Gasteiger partial charge in [-0.1, -0.05) is 18.2 Å². The Morgan fingerprint density at radius 1 is 1.12 bits per heavy atom. The first-order valence-electron chi connectivity index (χ1n) is 8.98. The van der Waals surface area contributed by atoms with Gasteiger partial charge in [-0.05, 0) is 49.9 Å². The lowest BCUT2D eigenvalue weighted by atomic mass is 9.91. The summed E-state index contributed by atoms with van der Waals surface area (Å²) in [6.07, 6.45) is 5.61. The number of nitrogens with zero attached hydrogens (tertiary/aromatic N) is 1. The van der Waals surface area contributed by atoms with E-state index in [-0.39, 0.29) is 18.5 Å². The molecule has 3 fully saturated rings. The third-order valence-electron chi connectivity index (χ3n) is 5.89. The van der Waals surface area contributed by atoms with Crippen molar-refractivity contribution >= 4 is 18.3 Å². The van der Waals surface area contributed by atoms with E-state index in [0.29, 0.717) is 17.2 Å². The normalized spacial score (nSPS) is 25.8. The molecule has 1 N–H and O–H groups in total. The van der Waals surface area contributed by atoms with Crippen LogP contribution in [0.1, 0.15) is 32.1 Å². The fourth-order valence-electron chi connectivity index (χ4n) is 4.28. The summed E-state index contributed by atoms with van der Waals surface area (Å²) < 4.78 is 6.02. The summed E-state index contributed by atoms with van der Waals surface area (Å²) in [5.41, 5.74) is 0.347. The van der Waals surface area contributed by atoms with Crippen molar-refractivity contribution in [2.75, 3.05) is 26.2 Å². The highest BCUT2D eigenvalue weighted by Gasteiger charge is 2.58. The maximum Gasteiger partial charge on any atom is 0.226 e. The van der Waals surface area contributed by atoms with Crippen LogP contribution in [0.5, 0.6) is 5.75 Å². The smallest absolute Gasteiger partial charge is 0.226 e. The third-order valence-corrected chi connectivity index (χ3v) is 5.89. The number of rotatable bonds is 3. The predicted molar refractivity (Wildman–Crippen MR) is 96.6 cm³/mol. The molecule has 1 spiro atoms. The van der Waals surface area contributed by atoms with Crippen molar-refractivity contribution in [3.63, 3.8) is 0 Å². The van der Waals surface area contributed by atoms with E-state index in [1.807, 2.05) is 30.3 Å². The van der Waals surface area contributed by atoms with Crippen molar-refractivity contribution in [2.24, 2.45) is 11.3 Å². The van der Waals surface area contributed by atoms with Gasteiger partial charge < -0.3 is 15.0 Å². The van der Waals surface area contributed by atoms with Gasteiger partial charge >= 0.3 is 0 Å². The Hall–Kier alpha value is -1.26. The number of para-hydroxylation sites is 1. The van der Waals surface area contributed by atoms with Crippen LogP contribution in [0.15, 0.2) is 30.3 Å². The predicted octanol–water partition coefficient (Wildman–Crippen LogP) is 2.87. The largest absolute Gasteiger partial charge is 0.490 e. The third kappa shape index (κ3) is 3.55. The first kappa shape index (κ1) is 17.6. The number of likely N-dealkylation sites (tertiary alicyclic amines) is 1. The fourth-order valence-corrected chi connectivity index (χ4v) is 4.28. The van der Waals surface area contributed by atoms with E-state index in [0.717, 1.165) is 51.2 Å². The van der Waals surface area contributed by atoms with Crippen LogP contribution in [-0.4, -0.2) is 43.1 Å². The van der Waals surface area contributed by atoms with Crippen LogP contribution in [0.3, 0.4) is 0 Å². The lowest BCUT2D eigenvalue weighted by molar-refractivity contribution is -0.135. The molecule has 4 rings (SSSR count). The number of halogens is 1. The van der Waals surface area contributed by atoms with E-state index in [1.165, 1.54) is 12.8 Å². The number of piperidine rings is 2. The molecule has 0 aromatic heterocycles. The molecular formula is C19H27ClN2O2. The Balaban J connectivity index is 0.00000169. The Morgan fingerprint density at radius 3 is 2.46 bits per heavy atom. The van der Waals surface area contributed by atoms with Gasteiger partial charge in [0, 0.05) is 31.8 Å². The molecular weight excluding hydrogens is 324 g/mol. The number of nitrogens with one attached hydrogen (secondary N) is 1. The molecule has 1 aliphatic carbocycles. The molecule has 1 aromatic carbocycles. The molecule has 0 bridgehead atoms. The lowest BCUT2D eigenvalue weighted by Crippen LogP contribution is -2.43. The zero-order chi connectivity index (χ0) is 15.7. The van der Waals surface area contributed by atoms with Crippen LogP contribution in [-0.2, 0) is 4.79 Å². The van der Waals surface area contributed by atoms with Crippen molar-refractivity contribution < 1.29 is 9.53 Å². The molecule has 1 aromatic rings. The molecule has 1 saturated carbocycles. The topological polar surface area (TPSA) is 41.6 Å². The minimum Gasteiger partial charge on any atom is -0.490 e. The highest BCUT2D eigenvalue weighted by Crippen LogP contribution is 2.59. The summed E-state index contributed by atoms with van der Waals surface area (Å²) >= 11 is 0. The van der Waals surface area contributed by atoms with Gasteiger partial charge in [-0.15, -0.1) is 12.4 Å². The van der Waals surface area contributed by atoms with Gasteiger partial charge in [0.25, 0.3) is 0 Å². The van der Waals surface area contributed by atoms with Crippen LogP contribution in [0.2, 0.25) is 0 Å². The Bertz CT molecular complexity index is 552. The van der Waals surface area contributed by atoms with Gasteiger partial charge in [0.05, 0.1) is 0 Å². The van der Waals surface area contributed by atoms with E-state index >= 15 is 0 Å². The zero-order valence-corrected chi connectivity index (χ0v) is 14.9. The van der Waals surface area contributed by atoms with Gasteiger partial charge in [-0.2, -0.15) is 0 Å². The average Bonchev–Trinajstić information content (AvgIpc) is 3.29. The molecule has 3 aliphatic rings. The highest BCUT2D eigenvalue weighted by molar-refractivity contribution is 5.85. The van der Waals surface area contributed by atoms with Crippen LogP contribution in [0.25, 0.3) is 0 Å². The number of benzene rings is 1. The fraction of sp³-hybridized carbons (Fsp3) is 0.632. The molecule has 2 saturated heterocycles. The number of ether oxygens (including phenoxy) is 1. The van der Waals surface area contributed by atoms with Crippen LogP contribution < -0.4 is 10.1 Å². The number of carbonyl (C=O) groups is 1. The first-order valence-corrected chi connectivity index (χ1v) is 8.98. The van der Waals surface area contributed by atoms with E-state index in [9.17, 15) is 4.79 Å². The highest BCUT2D eigenvalue weighted by atomic mass is 35.5. The molecule has 132 valence electrons. The first-order chi connectivity index (χ1) is 11.3. The average molecular weight is 351 g/mol. The van der Waals surface area contributed by atoms with Gasteiger partial charge in [-0.3, -0.25) is 4.79 Å². The second-order valence-corrected chi connectivity index (χ2v) is 7.32. The number of hydrogen-bond donors (Lipinski definition) is 1. The summed E-state index contributed by atoms with van der Waals surface area (Å²) in [5, 5.41) is 3.41. The number of hydrogen-bond acceptors (Lipinski definition) is 3. The second kappa shape index (κ2) is 7.32. The van der Waals surface area contributed by atoms with E-state index in [1.54, 1.807) is 0 Å². The SMILES string of the molecule is Cl.O=C(C1CC12CCNCC2)N1CCC(Oc2ccccc2)CC1. The molecule has 2 heterocycles. The van der Waals surface area contributed by atoms with Crippen molar-refractivity contribution in [3.8, 4) is 5.75 Å². The summed E-state index contributed by atoms with van der Waals surface area (Å²) in [4.78, 5) is 14.9. The lowest BCUT2D eigenvalue weighted by Gasteiger charge is -2.33. The maximum absolute atomic E-state index is 12.8. The standard InChI is InChI=1S/C19H26N2O2.ClH/c22-18(17-14-19(17)8-10-20-11-9-19)21-12-6-16(7-13-21)23-15-4-2-1-3-5-15;/h1-5,16-17,20H,6-14H2;1H. The number of amides is 1. The summed E-state index contributed by atoms with van der Waals surface area (Å²) in [6.45, 7) is 3.86. The molecule has 0 radical (unpaired) electrons. The monoisotopic (exact) mass is 350 g/mol. The molecule has 24 heavy (non-hydrogen) atoms. The van der Waals surface area contributed by atoms with E-state index in [4.69, 9.17) is 4.74 Å². The molecule has 2 aliphatic heterocycles. The maximum atomic E-state index is 12.8. The van der Waals surface area contributed by atoms with E-state index in [2.05, 4.69) is 10.2 Å². The van der Waals surface area contributed by atoms with Crippen molar-refractivity contribution in [3.05, 3.63) is 30.3 Å². The summed E-state index contributed by atoms with van der Waals surface area (Å²) in [7, 11) is 0. The molecule has 5 heteroatoms. The molecule has 1 unspecified atom stereocenters. The van der Waals surface area contributed by atoms with Crippen molar-refractivity contribution in [1.29, 1.82) is 0 Å². The van der Waals surface area contributed by atoms with E-state index < -0.39 is 0 Å². The zero-order valence-electron chi connectivity index (χ0n) is 14.1. The van der Waals surface area contributed by atoms with Gasteiger partial charge in [0.1, 0.15) is 11.9 Å². The minimum absolute atomic E-state index is 0. The minimum atomic E-state index is 0. The Kier molecular flexibility index (Phi) is 5.36. The van der Waals surface area contributed by atoms with Gasteiger partial charge in [-0.25, -0.2) is 0 Å². The molecule has 1 atom stereocenters. The van der Waals surface area contributed by atoms with Gasteiger partial charge in [0.15, 0.2) is 0 Å². The second-order valence-electron chi connectivity index (χ2n) is 7.32. The molecule has 4 nitrogen and oxygen atoms in total. The summed E-state index contributed by atoms with van der Waals surface area (Å²) in [6, 6.07) is 10.0. The van der Waals surface area contributed by atoms with Gasteiger partial charge in [0.2, 0.25) is 5.91 Å². The Labute approximate surface area is 150 Å². The van der Waals surface area contributed by atoms with Crippen molar-refractivity contribution in [2.45, 2.75) is 38.2 Å².